The van der Waals surface area contributed by atoms with E-state index in [1.807, 2.05) is 55.4 Å². The number of nitrogens with zero attached hydrogens (tertiary/aromatic N) is 5. The monoisotopic (exact) mass is 525 g/mol. The van der Waals surface area contributed by atoms with Crippen molar-refractivity contribution in [3.63, 3.8) is 0 Å². The summed E-state index contributed by atoms with van der Waals surface area (Å²) < 4.78 is 0. The fraction of sp³-hybridized carbons (Fsp3) is 0.143. The van der Waals surface area contributed by atoms with Gasteiger partial charge in [0.25, 0.3) is 17.7 Å². The van der Waals surface area contributed by atoms with Gasteiger partial charge in [0.2, 0.25) is 5.91 Å². The van der Waals surface area contributed by atoms with Crippen LogP contribution in [0.1, 0.15) is 29.1 Å². The normalized spacial score (nSPS) is 14.5. The van der Waals surface area contributed by atoms with E-state index in [1.54, 1.807) is 24.3 Å². The molecule has 190 valence electrons. The van der Waals surface area contributed by atoms with E-state index in [4.69, 9.17) is 4.98 Å². The second-order valence-corrected chi connectivity index (χ2v) is 9.57. The van der Waals surface area contributed by atoms with Crippen molar-refractivity contribution in [2.24, 2.45) is 0 Å². The molecule has 0 radical (unpaired) electrons. The van der Waals surface area contributed by atoms with E-state index in [0.29, 0.717) is 25.7 Å². The molecular weight excluding hydrogens is 502 g/mol. The predicted octanol–water partition coefficient (Wildman–Crippen LogP) is 4.07. The molecule has 9 nitrogen and oxygen atoms in total. The van der Waals surface area contributed by atoms with Crippen LogP contribution in [-0.2, 0) is 14.4 Å². The van der Waals surface area contributed by atoms with Gasteiger partial charge in [0, 0.05) is 37.7 Å². The molecule has 4 amide bonds. The molecule has 0 N–H and O–H groups in total. The van der Waals surface area contributed by atoms with Crippen LogP contribution in [0.15, 0.2) is 77.4 Å². The Morgan fingerprint density at radius 2 is 1.61 bits per heavy atom. The Kier molecular flexibility index (Phi) is 7.32. The molecule has 0 saturated carbocycles. The number of nitriles is 1. The maximum absolute atomic E-state index is 13.8. The number of hydrogen-bond acceptors (Lipinski definition) is 8. The lowest BCUT2D eigenvalue weighted by atomic mass is 9.95. The van der Waals surface area contributed by atoms with Crippen molar-refractivity contribution in [3.8, 4) is 17.3 Å². The number of benzene rings is 2. The fourth-order valence-electron chi connectivity index (χ4n) is 3.87. The first-order valence-electron chi connectivity index (χ1n) is 11.5. The van der Waals surface area contributed by atoms with Crippen molar-refractivity contribution in [2.45, 2.75) is 13.8 Å². The number of hydrogen-bond donors (Lipinski definition) is 0. The lowest BCUT2D eigenvalue weighted by molar-refractivity contribution is -0.163. The summed E-state index contributed by atoms with van der Waals surface area (Å²) in [5, 5.41) is 11.4. The number of rotatable bonds is 5. The molecule has 2 aromatic carbocycles. The molecule has 0 unspecified atom stereocenters. The smallest absolute Gasteiger partial charge is 0.291 e. The Hall–Kier alpha value is -4.88. The minimum absolute atomic E-state index is 0.000557. The molecule has 0 aliphatic carbocycles. The minimum atomic E-state index is -1.05. The van der Waals surface area contributed by atoms with Gasteiger partial charge in [-0.3, -0.25) is 19.2 Å². The Labute approximate surface area is 223 Å². The minimum Gasteiger partial charge on any atom is -0.354 e. The molecule has 0 saturated heterocycles. The number of imide groups is 2. The standard InChI is InChI=1S/C28H23N5O4S/c1-17-21(15-23-24(19-11-7-5-8-12-19)30-28(38-23)31(3)4)26(36)33(27(37)22(17)16-29)32(18(2)34)25(35)20-13-9-6-10-14-20/h5-15H,1-4H3/b21-15+. The Morgan fingerprint density at radius 1 is 1.00 bits per heavy atom. The molecule has 38 heavy (non-hydrogen) atoms. The predicted molar refractivity (Wildman–Crippen MR) is 143 cm³/mol. The van der Waals surface area contributed by atoms with E-state index in [-0.39, 0.29) is 22.3 Å². The van der Waals surface area contributed by atoms with E-state index in [1.165, 1.54) is 30.4 Å². The van der Waals surface area contributed by atoms with Crippen molar-refractivity contribution in [2.75, 3.05) is 19.0 Å². The highest BCUT2D eigenvalue weighted by Crippen LogP contribution is 2.36. The van der Waals surface area contributed by atoms with Gasteiger partial charge in [0.15, 0.2) is 5.13 Å². The SMILES string of the molecule is CC(=O)N(C(=O)c1ccccc1)N1C(=O)C(C#N)=C(C)/C(=C\c2sc(N(C)C)nc2-c2ccccc2)C1=O. The molecule has 0 atom stereocenters. The third-order valence-corrected chi connectivity index (χ3v) is 6.95. The van der Waals surface area contributed by atoms with Gasteiger partial charge in [-0.25, -0.2) is 4.98 Å². The second-order valence-electron chi connectivity index (χ2n) is 8.56. The van der Waals surface area contributed by atoms with Crippen LogP contribution < -0.4 is 4.90 Å². The summed E-state index contributed by atoms with van der Waals surface area (Å²) in [6.45, 7) is 2.56. The van der Waals surface area contributed by atoms with E-state index in [0.717, 1.165) is 12.5 Å². The van der Waals surface area contributed by atoms with Crippen molar-refractivity contribution in [3.05, 3.63) is 87.8 Å². The maximum Gasteiger partial charge on any atom is 0.291 e. The molecular formula is C28H23N5O4S. The van der Waals surface area contributed by atoms with Gasteiger partial charge in [-0.2, -0.15) is 15.3 Å². The van der Waals surface area contributed by atoms with Crippen LogP contribution in [0.25, 0.3) is 17.3 Å². The molecule has 0 spiro atoms. The third kappa shape index (κ3) is 4.75. The summed E-state index contributed by atoms with van der Waals surface area (Å²) in [5.41, 5.74) is 1.32. The Bertz CT molecular complexity index is 1550. The highest BCUT2D eigenvalue weighted by molar-refractivity contribution is 7.17. The quantitative estimate of drug-likeness (QED) is 0.364. The number of carbonyl (C=O) groups is 4. The van der Waals surface area contributed by atoms with Gasteiger partial charge in [0.1, 0.15) is 11.6 Å². The molecule has 1 aliphatic heterocycles. The number of anilines is 1. The number of thiazole rings is 1. The van der Waals surface area contributed by atoms with E-state index >= 15 is 0 Å². The van der Waals surface area contributed by atoms with Crippen molar-refractivity contribution in [1.29, 1.82) is 5.26 Å². The average molecular weight is 526 g/mol. The molecule has 1 aromatic heterocycles. The number of aromatic nitrogens is 1. The van der Waals surface area contributed by atoms with Gasteiger partial charge in [-0.1, -0.05) is 59.9 Å². The molecule has 2 heterocycles. The van der Waals surface area contributed by atoms with Crippen LogP contribution in [0.4, 0.5) is 5.13 Å². The third-order valence-electron chi connectivity index (χ3n) is 5.78. The van der Waals surface area contributed by atoms with E-state index < -0.39 is 23.6 Å². The maximum atomic E-state index is 13.8. The molecule has 10 heteroatoms. The highest BCUT2D eigenvalue weighted by atomic mass is 32.1. The number of amides is 4. The molecule has 4 rings (SSSR count). The highest BCUT2D eigenvalue weighted by Gasteiger charge is 2.43. The lowest BCUT2D eigenvalue weighted by Gasteiger charge is -2.34. The molecule has 0 fully saturated rings. The Balaban J connectivity index is 1.90. The van der Waals surface area contributed by atoms with Gasteiger partial charge < -0.3 is 4.90 Å². The first-order valence-corrected chi connectivity index (χ1v) is 12.3. The first kappa shape index (κ1) is 26.2. The first-order chi connectivity index (χ1) is 18.1. The second kappa shape index (κ2) is 10.6. The van der Waals surface area contributed by atoms with Crippen molar-refractivity contribution < 1.29 is 19.2 Å². The summed E-state index contributed by atoms with van der Waals surface area (Å²) in [6.07, 6.45) is 1.55. The zero-order chi connectivity index (χ0) is 27.6. The summed E-state index contributed by atoms with van der Waals surface area (Å²) in [4.78, 5) is 60.1. The largest absolute Gasteiger partial charge is 0.354 e. The van der Waals surface area contributed by atoms with Crippen molar-refractivity contribution in [1.82, 2.24) is 15.0 Å². The van der Waals surface area contributed by atoms with Crippen LogP contribution in [0.3, 0.4) is 0 Å². The summed E-state index contributed by atoms with van der Waals surface area (Å²) >= 11 is 1.32. The van der Waals surface area contributed by atoms with Crippen LogP contribution in [0.2, 0.25) is 0 Å². The fourth-order valence-corrected chi connectivity index (χ4v) is 4.83. The lowest BCUT2D eigenvalue weighted by Crippen LogP contribution is -2.57. The zero-order valence-electron chi connectivity index (χ0n) is 21.1. The molecule has 3 aromatic rings. The van der Waals surface area contributed by atoms with Gasteiger partial charge in [0.05, 0.1) is 10.6 Å². The van der Waals surface area contributed by atoms with E-state index in [9.17, 15) is 24.4 Å². The van der Waals surface area contributed by atoms with Crippen LogP contribution in [0, 0.1) is 11.3 Å². The average Bonchev–Trinajstić information content (AvgIpc) is 3.34. The van der Waals surface area contributed by atoms with Crippen LogP contribution in [-0.4, -0.2) is 52.7 Å². The van der Waals surface area contributed by atoms with Gasteiger partial charge in [-0.05, 0) is 30.7 Å². The molecule has 0 bridgehead atoms. The number of hydrazine groups is 1. The van der Waals surface area contributed by atoms with Gasteiger partial charge >= 0.3 is 0 Å². The van der Waals surface area contributed by atoms with Crippen LogP contribution in [0.5, 0.6) is 0 Å². The topological polar surface area (TPSA) is 115 Å². The van der Waals surface area contributed by atoms with Crippen LogP contribution >= 0.6 is 11.3 Å². The summed E-state index contributed by atoms with van der Waals surface area (Å²) in [5.74, 6) is -3.67. The summed E-state index contributed by atoms with van der Waals surface area (Å²) in [6, 6.07) is 19.0. The molecule has 1 aliphatic rings. The van der Waals surface area contributed by atoms with Crippen molar-refractivity contribution >= 4 is 46.2 Å². The van der Waals surface area contributed by atoms with Gasteiger partial charge in [-0.15, -0.1) is 0 Å². The Morgan fingerprint density at radius 3 is 2.16 bits per heavy atom. The zero-order valence-corrected chi connectivity index (χ0v) is 21.9. The number of carbonyl (C=O) groups excluding carboxylic acids is 4. The van der Waals surface area contributed by atoms with E-state index in [2.05, 4.69) is 0 Å². The summed E-state index contributed by atoms with van der Waals surface area (Å²) in [7, 11) is 3.69.